The molecular formula is C12H11FO. The summed E-state index contributed by atoms with van der Waals surface area (Å²) in [6.45, 7) is 0. The molecule has 0 aromatic heterocycles. The summed E-state index contributed by atoms with van der Waals surface area (Å²) in [5, 5.41) is 0. The van der Waals surface area contributed by atoms with E-state index in [4.69, 9.17) is 0 Å². The second kappa shape index (κ2) is 3.74. The second-order valence-electron chi connectivity index (χ2n) is 3.50. The molecule has 1 saturated carbocycles. The molecule has 2 rings (SSSR count). The van der Waals surface area contributed by atoms with Crippen molar-refractivity contribution in [3.05, 3.63) is 41.2 Å². The molecule has 1 aliphatic rings. The minimum Gasteiger partial charge on any atom is -0.295 e. The zero-order valence-corrected chi connectivity index (χ0v) is 7.79. The van der Waals surface area contributed by atoms with Crippen LogP contribution in [0.2, 0.25) is 0 Å². The van der Waals surface area contributed by atoms with E-state index in [0.717, 1.165) is 24.0 Å². The Morgan fingerprint density at radius 1 is 1.14 bits per heavy atom. The number of halogens is 1. The van der Waals surface area contributed by atoms with E-state index in [2.05, 4.69) is 0 Å². The SMILES string of the molecule is O=C1CCCC1=Cc1ccc(F)cc1. The maximum Gasteiger partial charge on any atom is 0.158 e. The molecule has 0 saturated heterocycles. The summed E-state index contributed by atoms with van der Waals surface area (Å²) in [5.74, 6) is -0.0146. The van der Waals surface area contributed by atoms with Crippen molar-refractivity contribution in [2.45, 2.75) is 19.3 Å². The lowest BCUT2D eigenvalue weighted by atomic mass is 10.1. The van der Waals surface area contributed by atoms with Gasteiger partial charge in [0.1, 0.15) is 5.82 Å². The Labute approximate surface area is 82.3 Å². The van der Waals surface area contributed by atoms with Crippen LogP contribution in [-0.4, -0.2) is 5.78 Å². The Morgan fingerprint density at radius 2 is 1.86 bits per heavy atom. The fourth-order valence-electron chi connectivity index (χ4n) is 1.65. The van der Waals surface area contributed by atoms with Crippen LogP contribution in [0.1, 0.15) is 24.8 Å². The molecule has 0 spiro atoms. The summed E-state index contributed by atoms with van der Waals surface area (Å²) in [5.41, 5.74) is 1.77. The largest absolute Gasteiger partial charge is 0.295 e. The van der Waals surface area contributed by atoms with Crippen LogP contribution < -0.4 is 0 Å². The van der Waals surface area contributed by atoms with Crippen LogP contribution in [-0.2, 0) is 4.79 Å². The van der Waals surface area contributed by atoms with E-state index < -0.39 is 0 Å². The van der Waals surface area contributed by atoms with Crippen LogP contribution in [0.15, 0.2) is 29.8 Å². The average molecular weight is 190 g/mol. The Kier molecular flexibility index (Phi) is 2.44. The van der Waals surface area contributed by atoms with E-state index >= 15 is 0 Å². The predicted octanol–water partition coefficient (Wildman–Crippen LogP) is 2.96. The van der Waals surface area contributed by atoms with Gasteiger partial charge < -0.3 is 0 Å². The molecular weight excluding hydrogens is 179 g/mol. The molecule has 1 fully saturated rings. The third kappa shape index (κ3) is 1.90. The molecule has 0 bridgehead atoms. The summed E-state index contributed by atoms with van der Waals surface area (Å²) in [4.78, 5) is 11.3. The van der Waals surface area contributed by atoms with Gasteiger partial charge >= 0.3 is 0 Å². The van der Waals surface area contributed by atoms with Crippen LogP contribution in [0.5, 0.6) is 0 Å². The van der Waals surface area contributed by atoms with Gasteiger partial charge in [-0.3, -0.25) is 4.79 Å². The minimum absolute atomic E-state index is 0.231. The Balaban J connectivity index is 2.24. The van der Waals surface area contributed by atoms with Gasteiger partial charge in [-0.15, -0.1) is 0 Å². The smallest absolute Gasteiger partial charge is 0.158 e. The number of hydrogen-bond donors (Lipinski definition) is 0. The normalized spacial score (nSPS) is 19.2. The highest BCUT2D eigenvalue weighted by Crippen LogP contribution is 2.22. The molecule has 1 aromatic rings. The third-order valence-electron chi connectivity index (χ3n) is 2.42. The molecule has 0 heterocycles. The number of Topliss-reactive ketones (excluding diaryl/α,β-unsaturated/α-hetero) is 1. The number of allylic oxidation sites excluding steroid dienone is 1. The number of carbonyl (C=O) groups is 1. The first kappa shape index (κ1) is 9.13. The van der Waals surface area contributed by atoms with E-state index in [9.17, 15) is 9.18 Å². The highest BCUT2D eigenvalue weighted by atomic mass is 19.1. The maximum atomic E-state index is 12.6. The number of ketones is 1. The molecule has 14 heavy (non-hydrogen) atoms. The van der Waals surface area contributed by atoms with Crippen LogP contribution in [0.25, 0.3) is 6.08 Å². The first-order chi connectivity index (χ1) is 6.75. The van der Waals surface area contributed by atoms with Crippen LogP contribution >= 0.6 is 0 Å². The molecule has 2 heteroatoms. The van der Waals surface area contributed by atoms with E-state index in [1.54, 1.807) is 12.1 Å². The van der Waals surface area contributed by atoms with Crippen molar-refractivity contribution >= 4 is 11.9 Å². The molecule has 72 valence electrons. The van der Waals surface area contributed by atoms with Crippen molar-refractivity contribution in [3.63, 3.8) is 0 Å². The monoisotopic (exact) mass is 190 g/mol. The molecule has 0 amide bonds. The lowest BCUT2D eigenvalue weighted by Gasteiger charge is -1.96. The molecule has 1 aliphatic carbocycles. The molecule has 0 N–H and O–H groups in total. The standard InChI is InChI=1S/C12H11FO/c13-11-6-4-9(5-7-11)8-10-2-1-3-12(10)14/h4-8H,1-3H2. The van der Waals surface area contributed by atoms with Gasteiger partial charge in [0.05, 0.1) is 0 Å². The first-order valence-corrected chi connectivity index (χ1v) is 4.75. The van der Waals surface area contributed by atoms with Gasteiger partial charge in [0.25, 0.3) is 0 Å². The fraction of sp³-hybridized carbons (Fsp3) is 0.250. The average Bonchev–Trinajstić information content (AvgIpc) is 2.56. The van der Waals surface area contributed by atoms with Gasteiger partial charge in [-0.2, -0.15) is 0 Å². The van der Waals surface area contributed by atoms with Gasteiger partial charge in [-0.05, 0) is 42.2 Å². The maximum absolute atomic E-state index is 12.6. The van der Waals surface area contributed by atoms with Crippen LogP contribution in [0.3, 0.4) is 0 Å². The lowest BCUT2D eigenvalue weighted by molar-refractivity contribution is -0.114. The predicted molar refractivity (Wildman–Crippen MR) is 53.2 cm³/mol. The summed E-state index contributed by atoms with van der Waals surface area (Å²) in [6, 6.07) is 6.19. The van der Waals surface area contributed by atoms with Crippen molar-refractivity contribution in [2.75, 3.05) is 0 Å². The quantitative estimate of drug-likeness (QED) is 0.622. The van der Waals surface area contributed by atoms with Crippen LogP contribution in [0, 0.1) is 5.82 Å². The molecule has 0 unspecified atom stereocenters. The minimum atomic E-state index is -0.245. The van der Waals surface area contributed by atoms with E-state index in [1.165, 1.54) is 12.1 Å². The van der Waals surface area contributed by atoms with Crippen molar-refractivity contribution in [3.8, 4) is 0 Å². The molecule has 0 aliphatic heterocycles. The summed E-state index contributed by atoms with van der Waals surface area (Å²) in [7, 11) is 0. The van der Waals surface area contributed by atoms with E-state index in [-0.39, 0.29) is 11.6 Å². The Hall–Kier alpha value is -1.44. The van der Waals surface area contributed by atoms with Gasteiger partial charge in [-0.1, -0.05) is 12.1 Å². The zero-order valence-electron chi connectivity index (χ0n) is 7.79. The van der Waals surface area contributed by atoms with Gasteiger partial charge in [0.2, 0.25) is 0 Å². The van der Waals surface area contributed by atoms with Gasteiger partial charge in [0.15, 0.2) is 5.78 Å². The van der Waals surface area contributed by atoms with Crippen LogP contribution in [0.4, 0.5) is 4.39 Å². The number of rotatable bonds is 1. The first-order valence-electron chi connectivity index (χ1n) is 4.75. The van der Waals surface area contributed by atoms with Crippen molar-refractivity contribution in [1.82, 2.24) is 0 Å². The van der Waals surface area contributed by atoms with Gasteiger partial charge in [-0.25, -0.2) is 4.39 Å². The molecule has 1 aromatic carbocycles. The fourth-order valence-corrected chi connectivity index (χ4v) is 1.65. The zero-order chi connectivity index (χ0) is 9.97. The highest BCUT2D eigenvalue weighted by molar-refractivity contribution is 6.01. The summed E-state index contributed by atoms with van der Waals surface area (Å²) < 4.78 is 12.6. The van der Waals surface area contributed by atoms with Crippen molar-refractivity contribution < 1.29 is 9.18 Å². The van der Waals surface area contributed by atoms with Crippen molar-refractivity contribution in [2.24, 2.45) is 0 Å². The Bertz CT molecular complexity index is 376. The molecule has 0 radical (unpaired) electrons. The number of hydrogen-bond acceptors (Lipinski definition) is 1. The number of carbonyl (C=O) groups excluding carboxylic acids is 1. The summed E-state index contributed by atoms with van der Waals surface area (Å²) in [6.07, 6.45) is 4.32. The third-order valence-corrected chi connectivity index (χ3v) is 2.42. The summed E-state index contributed by atoms with van der Waals surface area (Å²) >= 11 is 0. The molecule has 0 atom stereocenters. The topological polar surface area (TPSA) is 17.1 Å². The van der Waals surface area contributed by atoms with Crippen molar-refractivity contribution in [1.29, 1.82) is 0 Å². The molecule has 1 nitrogen and oxygen atoms in total. The lowest BCUT2D eigenvalue weighted by Crippen LogP contribution is -1.90. The van der Waals surface area contributed by atoms with Gasteiger partial charge in [0, 0.05) is 6.42 Å². The Morgan fingerprint density at radius 3 is 2.43 bits per heavy atom. The van der Waals surface area contributed by atoms with E-state index in [1.807, 2.05) is 6.08 Å². The second-order valence-corrected chi connectivity index (χ2v) is 3.50. The number of benzene rings is 1. The van der Waals surface area contributed by atoms with E-state index in [0.29, 0.717) is 6.42 Å². The highest BCUT2D eigenvalue weighted by Gasteiger charge is 2.16.